The van der Waals surface area contributed by atoms with E-state index >= 15 is 0 Å². The van der Waals surface area contributed by atoms with Crippen molar-refractivity contribution in [3.8, 4) is 5.88 Å². The van der Waals surface area contributed by atoms with E-state index in [1.54, 1.807) is 25.3 Å². The summed E-state index contributed by atoms with van der Waals surface area (Å²) in [7, 11) is 0. The molecule has 1 heterocycles. The lowest BCUT2D eigenvalue weighted by Gasteiger charge is -2.27. The Morgan fingerprint density at radius 2 is 2.10 bits per heavy atom. The molecule has 0 saturated heterocycles. The van der Waals surface area contributed by atoms with Gasteiger partial charge in [-0.3, -0.25) is 4.79 Å². The Bertz CT molecular complexity index is 470. The molecular weight excluding hydrogens is 268 g/mol. The van der Waals surface area contributed by atoms with Gasteiger partial charge in [0.2, 0.25) is 5.88 Å². The SMILES string of the molecule is CC(C)COc1ncccc1C(=O)NCC(C)(O)C(C)C. The van der Waals surface area contributed by atoms with Crippen molar-refractivity contribution in [3.05, 3.63) is 23.9 Å². The number of pyridine rings is 1. The standard InChI is InChI=1S/C16H26N2O3/c1-11(2)9-21-15-13(7-6-8-17-15)14(19)18-10-16(5,20)12(3)4/h6-8,11-12,20H,9-10H2,1-5H3,(H,18,19). The van der Waals surface area contributed by atoms with Gasteiger partial charge in [-0.15, -0.1) is 0 Å². The fraction of sp³-hybridized carbons (Fsp3) is 0.625. The number of nitrogens with zero attached hydrogens (tertiary/aromatic N) is 1. The summed E-state index contributed by atoms with van der Waals surface area (Å²) in [5, 5.41) is 12.9. The van der Waals surface area contributed by atoms with Crippen LogP contribution in [-0.4, -0.2) is 34.8 Å². The van der Waals surface area contributed by atoms with Gasteiger partial charge < -0.3 is 15.2 Å². The monoisotopic (exact) mass is 294 g/mol. The van der Waals surface area contributed by atoms with Gasteiger partial charge >= 0.3 is 0 Å². The Morgan fingerprint density at radius 1 is 1.43 bits per heavy atom. The maximum absolute atomic E-state index is 12.2. The zero-order valence-electron chi connectivity index (χ0n) is 13.5. The molecule has 1 amide bonds. The lowest BCUT2D eigenvalue weighted by atomic mass is 9.92. The number of hydrogen-bond acceptors (Lipinski definition) is 4. The van der Waals surface area contributed by atoms with Crippen LogP contribution in [0.3, 0.4) is 0 Å². The first-order valence-electron chi connectivity index (χ1n) is 7.32. The summed E-state index contributed by atoms with van der Waals surface area (Å²) < 4.78 is 5.56. The van der Waals surface area contributed by atoms with E-state index in [1.807, 2.05) is 27.7 Å². The summed E-state index contributed by atoms with van der Waals surface area (Å²) in [6, 6.07) is 3.36. The first kappa shape index (κ1) is 17.4. The number of nitrogens with one attached hydrogen (secondary N) is 1. The van der Waals surface area contributed by atoms with Crippen LogP contribution in [-0.2, 0) is 0 Å². The molecule has 0 radical (unpaired) electrons. The third kappa shape index (κ3) is 5.34. The van der Waals surface area contributed by atoms with Crippen molar-refractivity contribution >= 4 is 5.91 Å². The van der Waals surface area contributed by atoms with Gasteiger partial charge in [0.15, 0.2) is 0 Å². The van der Waals surface area contributed by atoms with Gasteiger partial charge in [0.1, 0.15) is 5.56 Å². The maximum atomic E-state index is 12.2. The number of ether oxygens (including phenoxy) is 1. The molecule has 5 heteroatoms. The quantitative estimate of drug-likeness (QED) is 0.809. The predicted octanol–water partition coefficient (Wildman–Crippen LogP) is 2.25. The van der Waals surface area contributed by atoms with Gasteiger partial charge in [-0.05, 0) is 30.9 Å². The van der Waals surface area contributed by atoms with Crippen LogP contribution in [0, 0.1) is 11.8 Å². The molecule has 1 unspecified atom stereocenters. The molecule has 0 bridgehead atoms. The van der Waals surface area contributed by atoms with Crippen molar-refractivity contribution in [2.75, 3.05) is 13.2 Å². The van der Waals surface area contributed by atoms with Crippen LogP contribution in [0.4, 0.5) is 0 Å². The second kappa shape index (κ2) is 7.41. The fourth-order valence-electron chi connectivity index (χ4n) is 1.48. The molecule has 0 aliphatic carbocycles. The number of carbonyl (C=O) groups is 1. The molecule has 1 aromatic heterocycles. The second-order valence-corrected chi connectivity index (χ2v) is 6.26. The van der Waals surface area contributed by atoms with Crippen LogP contribution in [0.25, 0.3) is 0 Å². The highest BCUT2D eigenvalue weighted by atomic mass is 16.5. The number of amides is 1. The van der Waals surface area contributed by atoms with Crippen LogP contribution in [0.1, 0.15) is 45.0 Å². The lowest BCUT2D eigenvalue weighted by molar-refractivity contribution is 0.0142. The van der Waals surface area contributed by atoms with Crippen molar-refractivity contribution in [2.45, 2.75) is 40.2 Å². The molecule has 0 spiro atoms. The number of aromatic nitrogens is 1. The van der Waals surface area contributed by atoms with E-state index in [4.69, 9.17) is 4.74 Å². The van der Waals surface area contributed by atoms with Gasteiger partial charge in [-0.2, -0.15) is 0 Å². The van der Waals surface area contributed by atoms with Gasteiger partial charge in [0.05, 0.1) is 12.2 Å². The zero-order chi connectivity index (χ0) is 16.0. The van der Waals surface area contributed by atoms with Crippen molar-refractivity contribution in [1.82, 2.24) is 10.3 Å². The number of hydrogen-bond donors (Lipinski definition) is 2. The van der Waals surface area contributed by atoms with E-state index in [9.17, 15) is 9.90 Å². The van der Waals surface area contributed by atoms with Gasteiger partial charge in [0.25, 0.3) is 5.91 Å². The largest absolute Gasteiger partial charge is 0.477 e. The Balaban J connectivity index is 2.74. The Hall–Kier alpha value is -1.62. The number of carbonyl (C=O) groups excluding carboxylic acids is 1. The molecule has 1 atom stereocenters. The first-order valence-corrected chi connectivity index (χ1v) is 7.32. The number of rotatable bonds is 7. The molecule has 1 aromatic rings. The van der Waals surface area contributed by atoms with E-state index < -0.39 is 5.60 Å². The second-order valence-electron chi connectivity index (χ2n) is 6.26. The van der Waals surface area contributed by atoms with Crippen LogP contribution < -0.4 is 10.1 Å². The third-order valence-corrected chi connectivity index (χ3v) is 3.42. The van der Waals surface area contributed by atoms with E-state index in [2.05, 4.69) is 10.3 Å². The average Bonchev–Trinajstić information content (AvgIpc) is 2.42. The normalized spacial score (nSPS) is 14.1. The molecule has 0 aliphatic rings. The minimum atomic E-state index is -0.948. The Kier molecular flexibility index (Phi) is 6.15. The highest BCUT2D eigenvalue weighted by Gasteiger charge is 2.26. The summed E-state index contributed by atoms with van der Waals surface area (Å²) in [5.41, 5.74) is -0.561. The van der Waals surface area contributed by atoms with Crippen LogP contribution in [0.15, 0.2) is 18.3 Å². The van der Waals surface area contributed by atoms with Gasteiger partial charge in [0, 0.05) is 12.7 Å². The highest BCUT2D eigenvalue weighted by molar-refractivity contribution is 5.96. The van der Waals surface area contributed by atoms with E-state index in [-0.39, 0.29) is 18.4 Å². The topological polar surface area (TPSA) is 71.5 Å². The van der Waals surface area contributed by atoms with Crippen molar-refractivity contribution in [1.29, 1.82) is 0 Å². The minimum Gasteiger partial charge on any atom is -0.477 e. The predicted molar refractivity (Wildman–Crippen MR) is 82.4 cm³/mol. The van der Waals surface area contributed by atoms with Crippen LogP contribution in [0.2, 0.25) is 0 Å². The molecule has 0 aromatic carbocycles. The molecule has 0 fully saturated rings. The fourth-order valence-corrected chi connectivity index (χ4v) is 1.48. The Morgan fingerprint density at radius 3 is 2.67 bits per heavy atom. The number of aliphatic hydroxyl groups is 1. The van der Waals surface area contributed by atoms with Crippen molar-refractivity contribution < 1.29 is 14.6 Å². The first-order chi connectivity index (χ1) is 9.74. The summed E-state index contributed by atoms with van der Waals surface area (Å²) in [5.74, 6) is 0.434. The molecule has 5 nitrogen and oxygen atoms in total. The average molecular weight is 294 g/mol. The molecule has 0 saturated carbocycles. The summed E-state index contributed by atoms with van der Waals surface area (Å²) >= 11 is 0. The summed E-state index contributed by atoms with van der Waals surface area (Å²) in [6.45, 7) is 10.3. The smallest absolute Gasteiger partial charge is 0.256 e. The van der Waals surface area contributed by atoms with Gasteiger partial charge in [-0.1, -0.05) is 27.7 Å². The van der Waals surface area contributed by atoms with Crippen molar-refractivity contribution in [2.24, 2.45) is 11.8 Å². The molecule has 1 rings (SSSR count). The van der Waals surface area contributed by atoms with E-state index in [0.29, 0.717) is 24.0 Å². The maximum Gasteiger partial charge on any atom is 0.256 e. The molecule has 0 aliphatic heterocycles. The molecule has 118 valence electrons. The van der Waals surface area contributed by atoms with E-state index in [1.165, 1.54) is 0 Å². The summed E-state index contributed by atoms with van der Waals surface area (Å²) in [6.07, 6.45) is 1.59. The highest BCUT2D eigenvalue weighted by Crippen LogP contribution is 2.17. The zero-order valence-corrected chi connectivity index (χ0v) is 13.5. The molecule has 21 heavy (non-hydrogen) atoms. The Labute approximate surface area is 126 Å². The van der Waals surface area contributed by atoms with Crippen LogP contribution >= 0.6 is 0 Å². The minimum absolute atomic E-state index is 0.0448. The summed E-state index contributed by atoms with van der Waals surface area (Å²) in [4.78, 5) is 16.3. The van der Waals surface area contributed by atoms with Crippen molar-refractivity contribution in [3.63, 3.8) is 0 Å². The van der Waals surface area contributed by atoms with E-state index in [0.717, 1.165) is 0 Å². The van der Waals surface area contributed by atoms with Crippen LogP contribution in [0.5, 0.6) is 5.88 Å². The van der Waals surface area contributed by atoms with Gasteiger partial charge in [-0.25, -0.2) is 4.98 Å². The molecular formula is C16H26N2O3. The lowest BCUT2D eigenvalue weighted by Crippen LogP contribution is -2.44. The third-order valence-electron chi connectivity index (χ3n) is 3.42. The molecule has 2 N–H and O–H groups in total.